The maximum atomic E-state index is 9.77. The number of aryl methyl sites for hydroxylation is 3. The molecule has 3 heteroatoms. The van der Waals surface area contributed by atoms with E-state index in [0.717, 1.165) is 12.8 Å². The Morgan fingerprint density at radius 2 is 0.833 bits per heavy atom. The molecule has 3 aromatic carbocycles. The van der Waals surface area contributed by atoms with Crippen LogP contribution < -0.4 is 0 Å². The predicted molar refractivity (Wildman–Crippen MR) is 178 cm³/mol. The molecule has 3 aromatic rings. The molecule has 0 saturated heterocycles. The van der Waals surface area contributed by atoms with Crippen LogP contribution in [0.2, 0.25) is 0 Å². The molecule has 3 saturated carbocycles. The van der Waals surface area contributed by atoms with Gasteiger partial charge in [0, 0.05) is 32.0 Å². The summed E-state index contributed by atoms with van der Waals surface area (Å²) in [7, 11) is 3.67. The molecule has 42 heavy (non-hydrogen) atoms. The fraction of sp³-hybridized carbons (Fsp3) is 0.538. The van der Waals surface area contributed by atoms with E-state index in [9.17, 15) is 5.11 Å². The summed E-state index contributed by atoms with van der Waals surface area (Å²) in [5.41, 5.74) is 8.43. The van der Waals surface area contributed by atoms with Crippen LogP contribution in [-0.4, -0.2) is 37.6 Å². The Labute approximate surface area is 256 Å². The fourth-order valence-electron chi connectivity index (χ4n) is 7.44. The van der Waals surface area contributed by atoms with E-state index in [1.165, 1.54) is 78.3 Å². The van der Waals surface area contributed by atoms with Crippen LogP contribution in [0.1, 0.15) is 116 Å². The minimum atomic E-state index is -0.110. The molecule has 3 fully saturated rings. The van der Waals surface area contributed by atoms with Gasteiger partial charge in [-0.1, -0.05) is 99.5 Å². The molecular weight excluding hydrogens is 516 g/mol. The number of aliphatic hydroxyl groups is 1. The Kier molecular flexibility index (Phi) is 13.8. The average molecular weight is 573 g/mol. The lowest BCUT2D eigenvalue weighted by atomic mass is 9.92. The van der Waals surface area contributed by atoms with E-state index in [-0.39, 0.29) is 13.5 Å². The van der Waals surface area contributed by atoms with Gasteiger partial charge in [-0.3, -0.25) is 0 Å². The molecule has 0 amide bonds. The van der Waals surface area contributed by atoms with Gasteiger partial charge in [0.1, 0.15) is 0 Å². The van der Waals surface area contributed by atoms with Crippen molar-refractivity contribution in [2.75, 3.05) is 14.2 Å². The topological polar surface area (TPSA) is 38.7 Å². The molecule has 0 radical (unpaired) electrons. The lowest BCUT2D eigenvalue weighted by Gasteiger charge is -2.20. The van der Waals surface area contributed by atoms with Gasteiger partial charge in [-0.05, 0) is 92.7 Å². The molecule has 6 atom stereocenters. The highest BCUT2D eigenvalue weighted by molar-refractivity contribution is 5.32. The lowest BCUT2D eigenvalue weighted by molar-refractivity contribution is 0.0943. The zero-order valence-electron chi connectivity index (χ0n) is 26.0. The highest BCUT2D eigenvalue weighted by atomic mass is 16.5. The summed E-state index contributed by atoms with van der Waals surface area (Å²) in [5.74, 6) is 1.64. The summed E-state index contributed by atoms with van der Waals surface area (Å²) < 4.78 is 11.1. The van der Waals surface area contributed by atoms with Gasteiger partial charge < -0.3 is 14.6 Å². The molecule has 230 valence electrons. The van der Waals surface area contributed by atoms with Crippen molar-refractivity contribution in [2.45, 2.75) is 122 Å². The van der Waals surface area contributed by atoms with Crippen molar-refractivity contribution < 1.29 is 14.6 Å². The molecule has 6 rings (SSSR count). The van der Waals surface area contributed by atoms with Gasteiger partial charge in [-0.15, -0.1) is 0 Å². The van der Waals surface area contributed by atoms with Gasteiger partial charge >= 0.3 is 0 Å². The van der Waals surface area contributed by atoms with Crippen molar-refractivity contribution in [2.24, 2.45) is 0 Å². The van der Waals surface area contributed by atoms with E-state index in [0.29, 0.717) is 30.0 Å². The number of rotatable bonds is 5. The molecule has 0 aromatic heterocycles. The van der Waals surface area contributed by atoms with E-state index < -0.39 is 0 Å². The molecule has 3 aliphatic rings. The summed E-state index contributed by atoms with van der Waals surface area (Å²) in [6.45, 7) is 6.52. The van der Waals surface area contributed by atoms with E-state index in [4.69, 9.17) is 9.47 Å². The van der Waals surface area contributed by atoms with Gasteiger partial charge in [0.15, 0.2) is 0 Å². The standard InChI is InChI=1S/2C13H18O.C12H16O.CH4/c2*1-10-6-3-4-7-11(10)12-8-5-9-13(12)14-2;1-9-5-2-3-6-10(9)11-7-4-8-12(11)13;/h2*3-4,6-7,12-13H,5,8-9H2,1-2H3;2-3,5-6,11-13H,4,7-8H2,1H3;1H4/t2*12?,13-;11?,12-;/m000./s1. The van der Waals surface area contributed by atoms with Crippen LogP contribution in [0.25, 0.3) is 0 Å². The third kappa shape index (κ3) is 8.56. The monoisotopic (exact) mass is 572 g/mol. The number of aliphatic hydroxyl groups excluding tert-OH is 1. The third-order valence-electron chi connectivity index (χ3n) is 9.75. The van der Waals surface area contributed by atoms with E-state index >= 15 is 0 Å². The summed E-state index contributed by atoms with van der Waals surface area (Å²) in [6.07, 6.45) is 11.7. The van der Waals surface area contributed by atoms with Crippen LogP contribution in [0.4, 0.5) is 0 Å². The number of hydrogen-bond donors (Lipinski definition) is 1. The molecule has 3 unspecified atom stereocenters. The van der Waals surface area contributed by atoms with Crippen molar-refractivity contribution in [1.29, 1.82) is 0 Å². The number of benzene rings is 3. The average Bonchev–Trinajstić information content (AvgIpc) is 3.76. The van der Waals surface area contributed by atoms with Crippen molar-refractivity contribution in [3.8, 4) is 0 Å². The smallest absolute Gasteiger partial charge is 0.0639 e. The van der Waals surface area contributed by atoms with Crippen LogP contribution in [0.5, 0.6) is 0 Å². The molecule has 0 heterocycles. The van der Waals surface area contributed by atoms with Crippen LogP contribution in [0.3, 0.4) is 0 Å². The normalized spacial score (nSPS) is 26.4. The second-order valence-corrected chi connectivity index (χ2v) is 12.3. The minimum Gasteiger partial charge on any atom is -0.392 e. The van der Waals surface area contributed by atoms with Crippen molar-refractivity contribution in [3.63, 3.8) is 0 Å². The Bertz CT molecular complexity index is 1140. The second-order valence-electron chi connectivity index (χ2n) is 12.3. The van der Waals surface area contributed by atoms with Crippen LogP contribution in [0.15, 0.2) is 72.8 Å². The molecule has 0 aliphatic heterocycles. The van der Waals surface area contributed by atoms with Gasteiger partial charge in [-0.25, -0.2) is 0 Å². The SMILES string of the molecule is C.CO[C@H]1CCCC1c1ccccc1C.CO[C@H]1CCCC1c1ccccc1C.Cc1ccccc1C1CCC[C@@H]1O. The summed E-state index contributed by atoms with van der Waals surface area (Å²) in [4.78, 5) is 0. The third-order valence-corrected chi connectivity index (χ3v) is 9.75. The van der Waals surface area contributed by atoms with Crippen LogP contribution in [-0.2, 0) is 9.47 Å². The van der Waals surface area contributed by atoms with Gasteiger partial charge in [-0.2, -0.15) is 0 Å². The highest BCUT2D eigenvalue weighted by Gasteiger charge is 2.30. The first-order valence-electron chi connectivity index (χ1n) is 15.8. The Morgan fingerprint density at radius 3 is 1.17 bits per heavy atom. The maximum absolute atomic E-state index is 9.77. The molecular formula is C39H56O3. The molecule has 3 nitrogen and oxygen atoms in total. The zero-order valence-corrected chi connectivity index (χ0v) is 26.0. The van der Waals surface area contributed by atoms with Gasteiger partial charge in [0.25, 0.3) is 0 Å². The zero-order chi connectivity index (χ0) is 29.2. The van der Waals surface area contributed by atoms with Crippen molar-refractivity contribution in [3.05, 3.63) is 106 Å². The summed E-state index contributed by atoms with van der Waals surface area (Å²) in [6, 6.07) is 25.8. The summed E-state index contributed by atoms with van der Waals surface area (Å²) in [5, 5.41) is 9.77. The summed E-state index contributed by atoms with van der Waals surface area (Å²) >= 11 is 0. The quantitative estimate of drug-likeness (QED) is 0.331. The Balaban J connectivity index is 0.000000171. The Morgan fingerprint density at radius 1 is 0.500 bits per heavy atom. The van der Waals surface area contributed by atoms with Crippen molar-refractivity contribution in [1.82, 2.24) is 0 Å². The number of ether oxygens (including phenoxy) is 2. The minimum absolute atomic E-state index is 0. The lowest BCUT2D eigenvalue weighted by Crippen LogP contribution is -2.15. The first kappa shape index (κ1) is 34.0. The number of hydrogen-bond acceptors (Lipinski definition) is 3. The van der Waals surface area contributed by atoms with Crippen LogP contribution >= 0.6 is 0 Å². The van der Waals surface area contributed by atoms with Gasteiger partial charge in [0.2, 0.25) is 0 Å². The highest BCUT2D eigenvalue weighted by Crippen LogP contribution is 2.39. The fourth-order valence-corrected chi connectivity index (χ4v) is 7.44. The molecule has 0 spiro atoms. The van der Waals surface area contributed by atoms with E-state index in [1.807, 2.05) is 14.2 Å². The molecule has 3 aliphatic carbocycles. The van der Waals surface area contributed by atoms with Gasteiger partial charge in [0.05, 0.1) is 18.3 Å². The maximum Gasteiger partial charge on any atom is 0.0639 e. The predicted octanol–water partition coefficient (Wildman–Crippen LogP) is 9.81. The molecule has 1 N–H and O–H groups in total. The van der Waals surface area contributed by atoms with E-state index in [1.54, 1.807) is 0 Å². The van der Waals surface area contributed by atoms with Crippen LogP contribution in [0, 0.1) is 20.8 Å². The first-order chi connectivity index (χ1) is 19.9. The Hall–Kier alpha value is -2.46. The largest absolute Gasteiger partial charge is 0.392 e. The second kappa shape index (κ2) is 17.0. The first-order valence-corrected chi connectivity index (χ1v) is 15.8. The van der Waals surface area contributed by atoms with E-state index in [2.05, 4.69) is 93.6 Å². The van der Waals surface area contributed by atoms with Crippen molar-refractivity contribution >= 4 is 0 Å². The number of methoxy groups -OCH3 is 2. The molecule has 0 bridgehead atoms.